The van der Waals surface area contributed by atoms with Gasteiger partial charge in [-0.15, -0.1) is 0 Å². The molecule has 2 rings (SSSR count). The van der Waals surface area contributed by atoms with Gasteiger partial charge < -0.3 is 14.8 Å². The molecule has 0 saturated heterocycles. The minimum Gasteiger partial charge on any atom is -0.497 e. The summed E-state index contributed by atoms with van der Waals surface area (Å²) in [7, 11) is 3.37. The first-order chi connectivity index (χ1) is 9.72. The van der Waals surface area contributed by atoms with Crippen LogP contribution in [0.25, 0.3) is 0 Å². The maximum Gasteiger partial charge on any atom is 0.123 e. The van der Waals surface area contributed by atoms with E-state index in [1.807, 2.05) is 30.3 Å². The molecule has 0 aliphatic heterocycles. The van der Waals surface area contributed by atoms with Gasteiger partial charge in [0.15, 0.2) is 0 Å². The van der Waals surface area contributed by atoms with Gasteiger partial charge in [-0.2, -0.15) is 0 Å². The van der Waals surface area contributed by atoms with Crippen molar-refractivity contribution in [2.45, 2.75) is 13.1 Å². The van der Waals surface area contributed by atoms with Crippen molar-refractivity contribution in [2.75, 3.05) is 14.2 Å². The van der Waals surface area contributed by atoms with E-state index in [0.29, 0.717) is 0 Å². The van der Waals surface area contributed by atoms with E-state index in [1.165, 1.54) is 5.56 Å². The highest BCUT2D eigenvalue weighted by molar-refractivity contribution is 9.10. The fraction of sp³-hybridized carbons (Fsp3) is 0.250. The van der Waals surface area contributed by atoms with E-state index < -0.39 is 0 Å². The van der Waals surface area contributed by atoms with Gasteiger partial charge >= 0.3 is 0 Å². The van der Waals surface area contributed by atoms with Crippen LogP contribution < -0.4 is 14.8 Å². The largest absolute Gasteiger partial charge is 0.497 e. The molecule has 20 heavy (non-hydrogen) atoms. The quantitative estimate of drug-likeness (QED) is 0.871. The van der Waals surface area contributed by atoms with Gasteiger partial charge in [-0.05, 0) is 35.9 Å². The van der Waals surface area contributed by atoms with Gasteiger partial charge in [0.2, 0.25) is 0 Å². The molecule has 0 fully saturated rings. The molecule has 0 amide bonds. The summed E-state index contributed by atoms with van der Waals surface area (Å²) in [6, 6.07) is 14.1. The van der Waals surface area contributed by atoms with E-state index in [9.17, 15) is 0 Å². The Kier molecular flexibility index (Phi) is 5.44. The van der Waals surface area contributed by atoms with E-state index in [2.05, 4.69) is 33.4 Å². The van der Waals surface area contributed by atoms with Gasteiger partial charge in [-0.25, -0.2) is 0 Å². The average molecular weight is 336 g/mol. The van der Waals surface area contributed by atoms with E-state index in [0.717, 1.165) is 34.6 Å². The Morgan fingerprint density at radius 3 is 2.60 bits per heavy atom. The highest BCUT2D eigenvalue weighted by Gasteiger charge is 2.03. The molecule has 0 spiro atoms. The molecule has 0 aliphatic carbocycles. The van der Waals surface area contributed by atoms with Crippen LogP contribution in [0.2, 0.25) is 0 Å². The van der Waals surface area contributed by atoms with Crippen molar-refractivity contribution in [3.05, 3.63) is 58.1 Å². The molecule has 0 atom stereocenters. The van der Waals surface area contributed by atoms with E-state index >= 15 is 0 Å². The Morgan fingerprint density at radius 2 is 1.85 bits per heavy atom. The topological polar surface area (TPSA) is 30.5 Å². The Bertz CT molecular complexity index is 572. The number of hydrogen-bond donors (Lipinski definition) is 1. The zero-order valence-electron chi connectivity index (χ0n) is 11.7. The summed E-state index contributed by atoms with van der Waals surface area (Å²) < 4.78 is 11.6. The molecular weight excluding hydrogens is 318 g/mol. The Hall–Kier alpha value is -1.52. The lowest BCUT2D eigenvalue weighted by Gasteiger charge is -2.11. The Balaban J connectivity index is 1.97. The van der Waals surface area contributed by atoms with Crippen molar-refractivity contribution < 1.29 is 9.47 Å². The summed E-state index contributed by atoms with van der Waals surface area (Å²) in [4.78, 5) is 0. The zero-order chi connectivity index (χ0) is 14.4. The minimum atomic E-state index is 0.750. The summed E-state index contributed by atoms with van der Waals surface area (Å²) in [6.45, 7) is 1.53. The molecule has 2 aromatic rings. The lowest BCUT2D eigenvalue weighted by Crippen LogP contribution is -2.13. The highest BCUT2D eigenvalue weighted by Crippen LogP contribution is 2.23. The number of ether oxygens (including phenoxy) is 2. The lowest BCUT2D eigenvalue weighted by molar-refractivity contribution is 0.407. The molecule has 3 nitrogen and oxygen atoms in total. The van der Waals surface area contributed by atoms with E-state index in [-0.39, 0.29) is 0 Å². The monoisotopic (exact) mass is 335 g/mol. The molecule has 2 aromatic carbocycles. The van der Waals surface area contributed by atoms with Gasteiger partial charge in [0, 0.05) is 23.1 Å². The second kappa shape index (κ2) is 7.31. The number of hydrogen-bond acceptors (Lipinski definition) is 3. The van der Waals surface area contributed by atoms with E-state index in [4.69, 9.17) is 9.47 Å². The van der Waals surface area contributed by atoms with Crippen LogP contribution in [0.15, 0.2) is 46.9 Å². The van der Waals surface area contributed by atoms with E-state index in [1.54, 1.807) is 14.2 Å². The molecule has 4 heteroatoms. The second-order valence-electron chi connectivity index (χ2n) is 4.41. The lowest BCUT2D eigenvalue weighted by atomic mass is 10.2. The molecular formula is C16H18BrNO2. The standard InChI is InChI=1S/C16H18BrNO2/c1-19-15-5-3-4-12(8-15)10-18-11-13-9-14(17)6-7-16(13)20-2/h3-9,18H,10-11H2,1-2H3. The summed E-state index contributed by atoms with van der Waals surface area (Å²) in [5.74, 6) is 1.77. The molecule has 0 bridgehead atoms. The molecule has 0 aliphatic rings. The van der Waals surface area contributed by atoms with Gasteiger partial charge in [-0.3, -0.25) is 0 Å². The van der Waals surface area contributed by atoms with Crippen LogP contribution in [0.4, 0.5) is 0 Å². The first-order valence-corrected chi connectivity index (χ1v) is 7.18. The maximum atomic E-state index is 5.36. The fourth-order valence-corrected chi connectivity index (χ4v) is 2.42. The smallest absolute Gasteiger partial charge is 0.123 e. The molecule has 0 aromatic heterocycles. The van der Waals surface area contributed by atoms with Crippen LogP contribution >= 0.6 is 15.9 Å². The van der Waals surface area contributed by atoms with Crippen molar-refractivity contribution in [3.8, 4) is 11.5 Å². The number of benzene rings is 2. The van der Waals surface area contributed by atoms with Crippen molar-refractivity contribution >= 4 is 15.9 Å². The fourth-order valence-electron chi connectivity index (χ4n) is 2.01. The Labute approximate surface area is 128 Å². The minimum absolute atomic E-state index is 0.750. The van der Waals surface area contributed by atoms with Crippen LogP contribution in [0.5, 0.6) is 11.5 Å². The SMILES string of the molecule is COc1cccc(CNCc2cc(Br)ccc2OC)c1. The molecule has 0 unspecified atom stereocenters. The van der Waals surface area contributed by atoms with Crippen LogP contribution in [0, 0.1) is 0 Å². The predicted molar refractivity (Wildman–Crippen MR) is 84.2 cm³/mol. The van der Waals surface area contributed by atoms with Crippen molar-refractivity contribution in [3.63, 3.8) is 0 Å². The molecule has 106 valence electrons. The summed E-state index contributed by atoms with van der Waals surface area (Å²) in [5, 5.41) is 3.41. The second-order valence-corrected chi connectivity index (χ2v) is 5.33. The maximum absolute atomic E-state index is 5.36. The molecule has 0 saturated carbocycles. The van der Waals surface area contributed by atoms with Gasteiger partial charge in [0.25, 0.3) is 0 Å². The number of methoxy groups -OCH3 is 2. The zero-order valence-corrected chi connectivity index (χ0v) is 13.2. The highest BCUT2D eigenvalue weighted by atomic mass is 79.9. The van der Waals surface area contributed by atoms with Gasteiger partial charge in [-0.1, -0.05) is 28.1 Å². The normalized spacial score (nSPS) is 10.3. The number of nitrogens with one attached hydrogen (secondary N) is 1. The Morgan fingerprint density at radius 1 is 1.00 bits per heavy atom. The van der Waals surface area contributed by atoms with Crippen LogP contribution in [0.3, 0.4) is 0 Å². The van der Waals surface area contributed by atoms with Gasteiger partial charge in [0.1, 0.15) is 11.5 Å². The first kappa shape index (κ1) is 14.9. The molecule has 1 N–H and O–H groups in total. The summed E-state index contributed by atoms with van der Waals surface area (Å²) >= 11 is 3.48. The van der Waals surface area contributed by atoms with Crippen molar-refractivity contribution in [2.24, 2.45) is 0 Å². The molecule has 0 radical (unpaired) electrons. The molecule has 0 heterocycles. The number of halogens is 1. The summed E-state index contributed by atoms with van der Waals surface area (Å²) in [6.07, 6.45) is 0. The predicted octanol–water partition coefficient (Wildman–Crippen LogP) is 3.76. The van der Waals surface area contributed by atoms with Crippen LogP contribution in [0.1, 0.15) is 11.1 Å². The summed E-state index contributed by atoms with van der Waals surface area (Å²) in [5.41, 5.74) is 2.32. The van der Waals surface area contributed by atoms with Crippen LogP contribution in [-0.4, -0.2) is 14.2 Å². The van der Waals surface area contributed by atoms with Crippen LogP contribution in [-0.2, 0) is 13.1 Å². The first-order valence-electron chi connectivity index (χ1n) is 6.39. The average Bonchev–Trinajstić information content (AvgIpc) is 2.48. The van der Waals surface area contributed by atoms with Gasteiger partial charge in [0.05, 0.1) is 14.2 Å². The third-order valence-corrected chi connectivity index (χ3v) is 3.51. The third-order valence-electron chi connectivity index (χ3n) is 3.02. The number of rotatable bonds is 6. The third kappa shape index (κ3) is 3.99. The van der Waals surface area contributed by atoms with Crippen molar-refractivity contribution in [1.29, 1.82) is 0 Å². The van der Waals surface area contributed by atoms with Crippen molar-refractivity contribution in [1.82, 2.24) is 5.32 Å².